The van der Waals surface area contributed by atoms with E-state index >= 15 is 0 Å². The number of hydrogen-bond donors (Lipinski definition) is 1. The molecular weight excluding hydrogens is 178 g/mol. The van der Waals surface area contributed by atoms with Gasteiger partial charge in [0.2, 0.25) is 5.91 Å². The SMILES string of the molecule is CC#CCCNC(=O)CCC(C)OC. The van der Waals surface area contributed by atoms with Gasteiger partial charge in [0.1, 0.15) is 0 Å². The largest absolute Gasteiger partial charge is 0.382 e. The topological polar surface area (TPSA) is 38.3 Å². The molecule has 0 aromatic heterocycles. The zero-order valence-corrected chi connectivity index (χ0v) is 9.22. The molecule has 1 N–H and O–H groups in total. The second-order valence-electron chi connectivity index (χ2n) is 3.11. The van der Waals surface area contributed by atoms with E-state index in [0.29, 0.717) is 13.0 Å². The van der Waals surface area contributed by atoms with E-state index in [1.165, 1.54) is 0 Å². The minimum absolute atomic E-state index is 0.0757. The van der Waals surface area contributed by atoms with Gasteiger partial charge in [0, 0.05) is 26.5 Å². The predicted molar refractivity (Wildman–Crippen MR) is 56.8 cm³/mol. The van der Waals surface area contributed by atoms with Crippen molar-refractivity contribution in [2.24, 2.45) is 0 Å². The summed E-state index contributed by atoms with van der Waals surface area (Å²) in [5, 5.41) is 2.80. The Balaban J connectivity index is 3.40. The molecule has 0 saturated heterocycles. The molecule has 0 aromatic carbocycles. The van der Waals surface area contributed by atoms with E-state index < -0.39 is 0 Å². The number of hydrogen-bond acceptors (Lipinski definition) is 2. The van der Waals surface area contributed by atoms with Crippen molar-refractivity contribution in [3.05, 3.63) is 0 Å². The molecule has 3 nitrogen and oxygen atoms in total. The Kier molecular flexibility index (Phi) is 7.96. The maximum atomic E-state index is 11.2. The van der Waals surface area contributed by atoms with Crippen LogP contribution in [-0.2, 0) is 9.53 Å². The molecule has 0 saturated carbocycles. The van der Waals surface area contributed by atoms with Gasteiger partial charge in [-0.15, -0.1) is 11.8 Å². The third kappa shape index (κ3) is 7.63. The Morgan fingerprint density at radius 1 is 1.57 bits per heavy atom. The Morgan fingerprint density at radius 3 is 2.86 bits per heavy atom. The van der Waals surface area contributed by atoms with Gasteiger partial charge in [0.05, 0.1) is 6.10 Å². The second-order valence-corrected chi connectivity index (χ2v) is 3.11. The molecule has 0 bridgehead atoms. The van der Waals surface area contributed by atoms with Crippen molar-refractivity contribution in [1.82, 2.24) is 5.32 Å². The molecule has 14 heavy (non-hydrogen) atoms. The first-order valence-corrected chi connectivity index (χ1v) is 4.89. The van der Waals surface area contributed by atoms with Gasteiger partial charge in [-0.1, -0.05) is 0 Å². The lowest BCUT2D eigenvalue weighted by atomic mass is 10.2. The lowest BCUT2D eigenvalue weighted by Gasteiger charge is -2.08. The number of carbonyl (C=O) groups is 1. The molecule has 0 heterocycles. The lowest BCUT2D eigenvalue weighted by molar-refractivity contribution is -0.121. The molecule has 0 radical (unpaired) electrons. The standard InChI is InChI=1S/C11H19NO2/c1-4-5-6-9-12-11(13)8-7-10(2)14-3/h10H,6-9H2,1-3H3,(H,12,13). The highest BCUT2D eigenvalue weighted by molar-refractivity contribution is 5.75. The maximum absolute atomic E-state index is 11.2. The third-order valence-electron chi connectivity index (χ3n) is 1.93. The van der Waals surface area contributed by atoms with Crippen LogP contribution in [0.5, 0.6) is 0 Å². The second kappa shape index (κ2) is 8.58. The summed E-state index contributed by atoms with van der Waals surface area (Å²) in [6.45, 7) is 4.39. The number of rotatable bonds is 6. The minimum atomic E-state index is 0.0757. The number of methoxy groups -OCH3 is 1. The van der Waals surface area contributed by atoms with Crippen LogP contribution in [-0.4, -0.2) is 25.7 Å². The van der Waals surface area contributed by atoms with Gasteiger partial charge in [-0.3, -0.25) is 4.79 Å². The van der Waals surface area contributed by atoms with E-state index in [0.717, 1.165) is 12.8 Å². The van der Waals surface area contributed by atoms with Crippen LogP contribution in [0.2, 0.25) is 0 Å². The predicted octanol–water partition coefficient (Wildman–Crippen LogP) is 1.33. The van der Waals surface area contributed by atoms with E-state index in [2.05, 4.69) is 17.2 Å². The van der Waals surface area contributed by atoms with Crippen LogP contribution < -0.4 is 5.32 Å². The van der Waals surface area contributed by atoms with E-state index in [4.69, 9.17) is 4.74 Å². The van der Waals surface area contributed by atoms with Crippen LogP contribution in [0, 0.1) is 11.8 Å². The normalized spacial score (nSPS) is 11.4. The number of amides is 1. The van der Waals surface area contributed by atoms with Crippen molar-refractivity contribution < 1.29 is 9.53 Å². The van der Waals surface area contributed by atoms with Crippen molar-refractivity contribution in [1.29, 1.82) is 0 Å². The molecule has 0 aliphatic heterocycles. The fourth-order valence-corrected chi connectivity index (χ4v) is 0.930. The van der Waals surface area contributed by atoms with E-state index in [-0.39, 0.29) is 12.0 Å². The summed E-state index contributed by atoms with van der Waals surface area (Å²) >= 11 is 0. The average molecular weight is 197 g/mol. The fraction of sp³-hybridized carbons (Fsp3) is 0.727. The summed E-state index contributed by atoms with van der Waals surface area (Å²) in [5.74, 6) is 5.75. The van der Waals surface area contributed by atoms with Gasteiger partial charge in [0.15, 0.2) is 0 Å². The van der Waals surface area contributed by atoms with Crippen molar-refractivity contribution in [2.45, 2.75) is 39.2 Å². The highest BCUT2D eigenvalue weighted by atomic mass is 16.5. The molecule has 0 aliphatic carbocycles. The molecule has 0 aromatic rings. The van der Waals surface area contributed by atoms with Gasteiger partial charge >= 0.3 is 0 Å². The van der Waals surface area contributed by atoms with Gasteiger partial charge < -0.3 is 10.1 Å². The first kappa shape index (κ1) is 13.0. The first-order chi connectivity index (χ1) is 6.70. The molecule has 1 unspecified atom stereocenters. The zero-order chi connectivity index (χ0) is 10.8. The Bertz CT molecular complexity index is 215. The van der Waals surface area contributed by atoms with Crippen LogP contribution >= 0.6 is 0 Å². The quantitative estimate of drug-likeness (QED) is 0.515. The van der Waals surface area contributed by atoms with Gasteiger partial charge in [-0.2, -0.15) is 0 Å². The van der Waals surface area contributed by atoms with Crippen LogP contribution in [0.15, 0.2) is 0 Å². The summed E-state index contributed by atoms with van der Waals surface area (Å²) in [6, 6.07) is 0. The maximum Gasteiger partial charge on any atom is 0.220 e. The number of ether oxygens (including phenoxy) is 1. The summed E-state index contributed by atoms with van der Waals surface area (Å²) in [6.07, 6.45) is 2.16. The van der Waals surface area contributed by atoms with Crippen LogP contribution in [0.3, 0.4) is 0 Å². The Labute approximate surface area is 86.2 Å². The average Bonchev–Trinajstić information content (AvgIpc) is 2.21. The smallest absolute Gasteiger partial charge is 0.220 e. The Morgan fingerprint density at radius 2 is 2.29 bits per heavy atom. The van der Waals surface area contributed by atoms with Crippen molar-refractivity contribution in [3.8, 4) is 11.8 Å². The third-order valence-corrected chi connectivity index (χ3v) is 1.93. The molecule has 1 atom stereocenters. The summed E-state index contributed by atoms with van der Waals surface area (Å²) in [7, 11) is 1.65. The molecule has 0 fully saturated rings. The summed E-state index contributed by atoms with van der Waals surface area (Å²) < 4.78 is 5.04. The fourth-order valence-electron chi connectivity index (χ4n) is 0.930. The minimum Gasteiger partial charge on any atom is -0.382 e. The summed E-state index contributed by atoms with van der Waals surface area (Å²) in [5.41, 5.74) is 0. The zero-order valence-electron chi connectivity index (χ0n) is 9.22. The monoisotopic (exact) mass is 197 g/mol. The van der Waals surface area contributed by atoms with Gasteiger partial charge in [-0.25, -0.2) is 0 Å². The van der Waals surface area contributed by atoms with Crippen molar-refractivity contribution in [3.63, 3.8) is 0 Å². The number of nitrogens with one attached hydrogen (secondary N) is 1. The first-order valence-electron chi connectivity index (χ1n) is 4.89. The van der Waals surface area contributed by atoms with Crippen molar-refractivity contribution >= 4 is 5.91 Å². The van der Waals surface area contributed by atoms with Crippen molar-refractivity contribution in [2.75, 3.05) is 13.7 Å². The van der Waals surface area contributed by atoms with Gasteiger partial charge in [-0.05, 0) is 20.3 Å². The molecule has 0 spiro atoms. The van der Waals surface area contributed by atoms with E-state index in [1.54, 1.807) is 14.0 Å². The molecule has 3 heteroatoms. The molecule has 1 amide bonds. The van der Waals surface area contributed by atoms with Crippen LogP contribution in [0.1, 0.15) is 33.1 Å². The summed E-state index contributed by atoms with van der Waals surface area (Å²) in [4.78, 5) is 11.2. The van der Waals surface area contributed by atoms with Crippen LogP contribution in [0.25, 0.3) is 0 Å². The molecule has 0 rings (SSSR count). The van der Waals surface area contributed by atoms with Crippen LogP contribution in [0.4, 0.5) is 0 Å². The highest BCUT2D eigenvalue weighted by Crippen LogP contribution is 1.99. The highest BCUT2D eigenvalue weighted by Gasteiger charge is 2.04. The molecular formula is C11H19NO2. The Hall–Kier alpha value is -1.01. The lowest BCUT2D eigenvalue weighted by Crippen LogP contribution is -2.25. The van der Waals surface area contributed by atoms with E-state index in [1.807, 2.05) is 6.92 Å². The van der Waals surface area contributed by atoms with Gasteiger partial charge in [0.25, 0.3) is 0 Å². The molecule has 80 valence electrons. The number of carbonyl (C=O) groups excluding carboxylic acids is 1. The molecule has 0 aliphatic rings. The van der Waals surface area contributed by atoms with E-state index in [9.17, 15) is 4.79 Å².